The first-order chi connectivity index (χ1) is 12.1. The van der Waals surface area contributed by atoms with Gasteiger partial charge in [0.05, 0.1) is 18.9 Å². The summed E-state index contributed by atoms with van der Waals surface area (Å²) in [5, 5.41) is 23.3. The van der Waals surface area contributed by atoms with Gasteiger partial charge in [0.15, 0.2) is 0 Å². The number of methoxy groups -OCH3 is 1. The quantitative estimate of drug-likeness (QED) is 0.267. The van der Waals surface area contributed by atoms with E-state index in [1.807, 2.05) is 24.3 Å². The second-order valence-electron chi connectivity index (χ2n) is 5.72. The predicted octanol–water partition coefficient (Wildman–Crippen LogP) is 2.30. The summed E-state index contributed by atoms with van der Waals surface area (Å²) in [6.07, 6.45) is 1.50. The third-order valence-electron chi connectivity index (χ3n) is 3.94. The van der Waals surface area contributed by atoms with Gasteiger partial charge in [0, 0.05) is 6.54 Å². The molecule has 0 aromatic heterocycles. The van der Waals surface area contributed by atoms with Crippen LogP contribution in [-0.2, 0) is 11.2 Å². The lowest BCUT2D eigenvalue weighted by molar-refractivity contribution is -0.111. The maximum absolute atomic E-state index is 10.6. The number of nitrogens with zero attached hydrogens (tertiary/aromatic N) is 1. The molecule has 0 bridgehead atoms. The Balaban J connectivity index is 1.73. The molecule has 2 rings (SSSR count). The number of carbonyl (C=O) groups excluding carboxylic acids is 1. The Labute approximate surface area is 147 Å². The molecule has 0 fully saturated rings. The highest BCUT2D eigenvalue weighted by Crippen LogP contribution is 2.19. The molecule has 0 saturated heterocycles. The highest BCUT2D eigenvalue weighted by molar-refractivity contribution is 5.71. The van der Waals surface area contributed by atoms with Gasteiger partial charge >= 0.3 is 0 Å². The highest BCUT2D eigenvalue weighted by atomic mass is 16.5. The van der Waals surface area contributed by atoms with Crippen LogP contribution in [-0.4, -0.2) is 36.9 Å². The topological polar surface area (TPSA) is 82.0 Å². The monoisotopic (exact) mass is 344 g/mol. The summed E-state index contributed by atoms with van der Waals surface area (Å²) < 4.78 is 5.13. The molecule has 1 atom stereocenters. The molecule has 0 spiro atoms. The van der Waals surface area contributed by atoms with Crippen LogP contribution in [0.5, 0.6) is 5.75 Å². The number of carbonyl (C=O) groups is 1. The molecule has 1 amide bonds. The normalized spacial score (nSPS) is 11.8. The van der Waals surface area contributed by atoms with Crippen molar-refractivity contribution >= 4 is 12.1 Å². The lowest BCUT2D eigenvalue weighted by atomic mass is 10.1. The number of ether oxygens (including phenoxy) is 1. The number of hydrogen-bond acceptors (Lipinski definition) is 5. The summed E-state index contributed by atoms with van der Waals surface area (Å²) in [5.41, 5.74) is 2.21. The van der Waals surface area contributed by atoms with E-state index in [9.17, 15) is 15.1 Å². The van der Waals surface area contributed by atoms with E-state index >= 15 is 0 Å². The van der Waals surface area contributed by atoms with Crippen LogP contribution in [0, 0.1) is 0 Å². The van der Waals surface area contributed by atoms with Crippen molar-refractivity contribution in [3.63, 3.8) is 0 Å². The van der Waals surface area contributed by atoms with Gasteiger partial charge < -0.3 is 15.2 Å². The van der Waals surface area contributed by atoms with Gasteiger partial charge in [-0.05, 0) is 54.8 Å². The molecule has 0 aliphatic heterocycles. The molecule has 0 aliphatic carbocycles. The fraction of sp³-hybridized carbons (Fsp3) is 0.316. The average molecular weight is 344 g/mol. The maximum Gasteiger partial charge on any atom is 0.237 e. The predicted molar refractivity (Wildman–Crippen MR) is 95.9 cm³/mol. The number of amides is 1. The minimum absolute atomic E-state index is 0.308. The van der Waals surface area contributed by atoms with E-state index in [0.717, 1.165) is 25.1 Å². The van der Waals surface area contributed by atoms with Crippen molar-refractivity contribution in [1.82, 2.24) is 5.32 Å². The van der Waals surface area contributed by atoms with Crippen molar-refractivity contribution < 1.29 is 19.8 Å². The van der Waals surface area contributed by atoms with Crippen LogP contribution >= 0.6 is 0 Å². The molecule has 134 valence electrons. The van der Waals surface area contributed by atoms with Crippen molar-refractivity contribution in [3.8, 4) is 5.75 Å². The largest absolute Gasteiger partial charge is 0.497 e. The Morgan fingerprint density at radius 2 is 2.00 bits per heavy atom. The van der Waals surface area contributed by atoms with Gasteiger partial charge in [-0.2, -0.15) is 5.06 Å². The molecule has 3 N–H and O–H groups in total. The first kappa shape index (κ1) is 18.9. The Bertz CT molecular complexity index is 661. The molecular formula is C19H24N2O4. The van der Waals surface area contributed by atoms with Crippen LogP contribution in [0.1, 0.15) is 23.7 Å². The van der Waals surface area contributed by atoms with Crippen molar-refractivity contribution in [3.05, 3.63) is 59.7 Å². The molecule has 6 heteroatoms. The van der Waals surface area contributed by atoms with E-state index in [2.05, 4.69) is 5.32 Å². The zero-order valence-electron chi connectivity index (χ0n) is 14.3. The molecule has 2 aromatic rings. The number of nitrogens with one attached hydrogen (secondary N) is 1. The van der Waals surface area contributed by atoms with Crippen molar-refractivity contribution in [2.75, 3.05) is 25.3 Å². The number of aryl methyl sites for hydroxylation is 1. The van der Waals surface area contributed by atoms with E-state index in [-0.39, 0.29) is 0 Å². The van der Waals surface area contributed by atoms with E-state index in [4.69, 9.17) is 4.74 Å². The molecule has 2 aromatic carbocycles. The van der Waals surface area contributed by atoms with Gasteiger partial charge in [-0.15, -0.1) is 0 Å². The highest BCUT2D eigenvalue weighted by Gasteiger charge is 2.09. The molecule has 0 radical (unpaired) electrons. The summed E-state index contributed by atoms with van der Waals surface area (Å²) in [6.45, 7) is 1.18. The van der Waals surface area contributed by atoms with Crippen LogP contribution in [0.25, 0.3) is 0 Å². The summed E-state index contributed by atoms with van der Waals surface area (Å²) in [5.74, 6) is 0.850. The Morgan fingerprint density at radius 1 is 1.24 bits per heavy atom. The SMILES string of the molecule is COc1ccc(CCCNCC(O)c2cccc(N(O)C=O)c2)cc1. The number of hydroxylamine groups is 1. The van der Waals surface area contributed by atoms with Crippen LogP contribution in [0.3, 0.4) is 0 Å². The fourth-order valence-corrected chi connectivity index (χ4v) is 2.50. The van der Waals surface area contributed by atoms with Gasteiger partial charge in [0.25, 0.3) is 0 Å². The third-order valence-corrected chi connectivity index (χ3v) is 3.94. The number of rotatable bonds is 10. The van der Waals surface area contributed by atoms with E-state index in [1.54, 1.807) is 31.4 Å². The average Bonchev–Trinajstić information content (AvgIpc) is 2.67. The molecule has 1 unspecified atom stereocenters. The summed E-state index contributed by atoms with van der Waals surface area (Å²) in [4.78, 5) is 10.6. The zero-order valence-corrected chi connectivity index (χ0v) is 14.3. The number of hydrogen-bond donors (Lipinski definition) is 3. The summed E-state index contributed by atoms with van der Waals surface area (Å²) in [6, 6.07) is 14.6. The molecule has 25 heavy (non-hydrogen) atoms. The van der Waals surface area contributed by atoms with Crippen molar-refractivity contribution in [1.29, 1.82) is 0 Å². The Hall–Kier alpha value is -2.41. The Kier molecular flexibility index (Phi) is 7.40. The van der Waals surface area contributed by atoms with Gasteiger partial charge in [-0.25, -0.2) is 0 Å². The van der Waals surface area contributed by atoms with Gasteiger partial charge in [-0.1, -0.05) is 24.3 Å². The van der Waals surface area contributed by atoms with Crippen LogP contribution in [0.2, 0.25) is 0 Å². The maximum atomic E-state index is 10.6. The zero-order chi connectivity index (χ0) is 18.1. The second kappa shape index (κ2) is 9.78. The van der Waals surface area contributed by atoms with Crippen LogP contribution in [0.4, 0.5) is 5.69 Å². The first-order valence-corrected chi connectivity index (χ1v) is 8.19. The van der Waals surface area contributed by atoms with Gasteiger partial charge in [0.1, 0.15) is 5.75 Å². The number of benzene rings is 2. The first-order valence-electron chi connectivity index (χ1n) is 8.19. The molecule has 6 nitrogen and oxygen atoms in total. The molecular weight excluding hydrogens is 320 g/mol. The lowest BCUT2D eigenvalue weighted by Crippen LogP contribution is -2.23. The van der Waals surface area contributed by atoms with Crippen LogP contribution < -0.4 is 15.1 Å². The number of anilines is 1. The molecule has 0 saturated carbocycles. The van der Waals surface area contributed by atoms with E-state index in [1.165, 1.54) is 5.56 Å². The minimum atomic E-state index is -0.707. The van der Waals surface area contributed by atoms with Crippen LogP contribution in [0.15, 0.2) is 48.5 Å². The smallest absolute Gasteiger partial charge is 0.237 e. The van der Waals surface area contributed by atoms with Gasteiger partial charge in [-0.3, -0.25) is 10.0 Å². The number of aliphatic hydroxyl groups excluding tert-OH is 1. The van der Waals surface area contributed by atoms with E-state index < -0.39 is 6.10 Å². The Morgan fingerprint density at radius 3 is 2.68 bits per heavy atom. The standard InChI is InChI=1S/C19H24N2O4/c1-25-18-9-7-15(8-10-18)4-3-11-20-13-19(23)16-5-2-6-17(12-16)21(24)14-22/h2,5-10,12,14,19-20,23-24H,3-4,11,13H2,1H3. The summed E-state index contributed by atoms with van der Waals surface area (Å²) in [7, 11) is 1.65. The molecule has 0 aliphatic rings. The van der Waals surface area contributed by atoms with Gasteiger partial charge in [0.2, 0.25) is 6.41 Å². The van der Waals surface area contributed by atoms with Crippen molar-refractivity contribution in [2.45, 2.75) is 18.9 Å². The molecule has 0 heterocycles. The van der Waals surface area contributed by atoms with E-state index in [0.29, 0.717) is 29.3 Å². The number of aliphatic hydroxyl groups is 1. The third kappa shape index (κ3) is 5.86. The fourth-order valence-electron chi connectivity index (χ4n) is 2.50. The minimum Gasteiger partial charge on any atom is -0.497 e. The lowest BCUT2D eigenvalue weighted by Gasteiger charge is -2.15. The second-order valence-corrected chi connectivity index (χ2v) is 5.72. The van der Waals surface area contributed by atoms with Crippen molar-refractivity contribution in [2.24, 2.45) is 0 Å². The summed E-state index contributed by atoms with van der Waals surface area (Å²) >= 11 is 0.